The van der Waals surface area contributed by atoms with E-state index in [-0.39, 0.29) is 10.6 Å². The van der Waals surface area contributed by atoms with Crippen molar-refractivity contribution in [2.75, 3.05) is 12.8 Å². The number of rotatable bonds is 4. The van der Waals surface area contributed by atoms with E-state index in [2.05, 4.69) is 0 Å². The third kappa shape index (κ3) is 3.01. The SMILES string of the molecule is CC(c1ccccc1O)N(C)S(=O)(=O)c1ccc(N)cc1. The second kappa shape index (κ2) is 5.75. The summed E-state index contributed by atoms with van der Waals surface area (Å²) < 4.78 is 26.4. The van der Waals surface area contributed by atoms with E-state index in [9.17, 15) is 13.5 Å². The molecule has 112 valence electrons. The zero-order chi connectivity index (χ0) is 15.6. The predicted octanol–water partition coefficient (Wildman–Crippen LogP) is 2.36. The molecule has 0 aromatic heterocycles. The lowest BCUT2D eigenvalue weighted by molar-refractivity contribution is 0.381. The first-order valence-corrected chi connectivity index (χ1v) is 7.89. The monoisotopic (exact) mass is 306 g/mol. The van der Waals surface area contributed by atoms with E-state index in [1.165, 1.54) is 29.6 Å². The molecule has 0 bridgehead atoms. The van der Waals surface area contributed by atoms with E-state index >= 15 is 0 Å². The minimum absolute atomic E-state index is 0.0735. The van der Waals surface area contributed by atoms with Crippen molar-refractivity contribution in [2.24, 2.45) is 0 Å². The number of nitrogens with two attached hydrogens (primary N) is 1. The summed E-state index contributed by atoms with van der Waals surface area (Å²) in [6, 6.07) is 12.2. The van der Waals surface area contributed by atoms with Crippen LogP contribution in [0.4, 0.5) is 5.69 Å². The Morgan fingerprint density at radius 1 is 1.10 bits per heavy atom. The fourth-order valence-corrected chi connectivity index (χ4v) is 3.39. The molecule has 0 heterocycles. The van der Waals surface area contributed by atoms with Gasteiger partial charge in [-0.05, 0) is 37.3 Å². The lowest BCUT2D eigenvalue weighted by atomic mass is 10.1. The van der Waals surface area contributed by atoms with Crippen molar-refractivity contribution >= 4 is 15.7 Å². The summed E-state index contributed by atoms with van der Waals surface area (Å²) in [4.78, 5) is 0.168. The Labute approximate surface area is 124 Å². The molecule has 0 radical (unpaired) electrons. The van der Waals surface area contributed by atoms with Gasteiger partial charge >= 0.3 is 0 Å². The molecule has 2 aromatic carbocycles. The number of nitrogens with zero attached hydrogens (tertiary/aromatic N) is 1. The molecular formula is C15H18N2O3S. The Bertz CT molecular complexity index is 727. The fraction of sp³-hybridized carbons (Fsp3) is 0.200. The molecular weight excluding hydrogens is 288 g/mol. The number of nitrogen functional groups attached to an aromatic ring is 1. The molecule has 21 heavy (non-hydrogen) atoms. The van der Waals surface area contributed by atoms with E-state index in [1.807, 2.05) is 0 Å². The van der Waals surface area contributed by atoms with E-state index in [1.54, 1.807) is 37.3 Å². The van der Waals surface area contributed by atoms with Crippen LogP contribution in [-0.2, 0) is 10.0 Å². The highest BCUT2D eigenvalue weighted by atomic mass is 32.2. The first-order chi connectivity index (χ1) is 9.84. The highest BCUT2D eigenvalue weighted by molar-refractivity contribution is 7.89. The third-order valence-electron chi connectivity index (χ3n) is 3.49. The molecule has 0 saturated carbocycles. The van der Waals surface area contributed by atoms with Crippen LogP contribution >= 0.6 is 0 Å². The molecule has 0 saturated heterocycles. The van der Waals surface area contributed by atoms with Crippen LogP contribution in [0.3, 0.4) is 0 Å². The number of phenols is 1. The number of phenolic OH excluding ortho intramolecular Hbond substituents is 1. The highest BCUT2D eigenvalue weighted by Gasteiger charge is 2.27. The number of benzene rings is 2. The third-order valence-corrected chi connectivity index (χ3v) is 5.43. The van der Waals surface area contributed by atoms with E-state index in [0.29, 0.717) is 11.3 Å². The maximum absolute atomic E-state index is 12.6. The van der Waals surface area contributed by atoms with Gasteiger partial charge in [0, 0.05) is 18.3 Å². The standard InChI is InChI=1S/C15H18N2O3S/c1-11(14-5-3-4-6-15(14)18)17(2)21(19,20)13-9-7-12(16)8-10-13/h3-11,18H,16H2,1-2H3. The summed E-state index contributed by atoms with van der Waals surface area (Å²) in [5.41, 5.74) is 6.63. The van der Waals surface area contributed by atoms with Gasteiger partial charge in [-0.2, -0.15) is 4.31 Å². The van der Waals surface area contributed by atoms with Gasteiger partial charge < -0.3 is 10.8 Å². The first kappa shape index (κ1) is 15.3. The van der Waals surface area contributed by atoms with Crippen LogP contribution in [0.15, 0.2) is 53.4 Å². The zero-order valence-electron chi connectivity index (χ0n) is 11.9. The van der Waals surface area contributed by atoms with Crippen molar-refractivity contribution in [3.05, 3.63) is 54.1 Å². The van der Waals surface area contributed by atoms with Crippen molar-refractivity contribution in [1.82, 2.24) is 4.31 Å². The number of hydrogen-bond acceptors (Lipinski definition) is 4. The average Bonchev–Trinajstić information content (AvgIpc) is 2.46. The molecule has 6 heteroatoms. The normalized spacial score (nSPS) is 13.3. The van der Waals surface area contributed by atoms with Crippen molar-refractivity contribution in [1.29, 1.82) is 0 Å². The summed E-state index contributed by atoms with van der Waals surface area (Å²) in [6.45, 7) is 1.73. The van der Waals surface area contributed by atoms with Crippen LogP contribution in [-0.4, -0.2) is 24.9 Å². The number of aromatic hydroxyl groups is 1. The van der Waals surface area contributed by atoms with E-state index in [4.69, 9.17) is 5.73 Å². The molecule has 0 spiro atoms. The maximum Gasteiger partial charge on any atom is 0.243 e. The van der Waals surface area contributed by atoms with Crippen LogP contribution in [0.25, 0.3) is 0 Å². The Balaban J connectivity index is 2.36. The molecule has 0 amide bonds. The second-order valence-electron chi connectivity index (χ2n) is 4.83. The van der Waals surface area contributed by atoms with Gasteiger partial charge in [0.25, 0.3) is 0 Å². The minimum Gasteiger partial charge on any atom is -0.508 e. The maximum atomic E-state index is 12.6. The molecule has 3 N–H and O–H groups in total. The second-order valence-corrected chi connectivity index (χ2v) is 6.82. The lowest BCUT2D eigenvalue weighted by Crippen LogP contribution is -2.29. The number of para-hydroxylation sites is 1. The Kier molecular flexibility index (Phi) is 4.20. The zero-order valence-corrected chi connectivity index (χ0v) is 12.7. The van der Waals surface area contributed by atoms with Gasteiger partial charge in [0.05, 0.1) is 10.9 Å². The fourth-order valence-electron chi connectivity index (χ4n) is 2.05. The van der Waals surface area contributed by atoms with Gasteiger partial charge in [0.2, 0.25) is 10.0 Å². The van der Waals surface area contributed by atoms with Gasteiger partial charge in [-0.3, -0.25) is 0 Å². The van der Waals surface area contributed by atoms with Crippen molar-refractivity contribution in [3.8, 4) is 5.75 Å². The van der Waals surface area contributed by atoms with E-state index < -0.39 is 16.1 Å². The van der Waals surface area contributed by atoms with Gasteiger partial charge in [-0.25, -0.2) is 8.42 Å². The Morgan fingerprint density at radius 3 is 2.24 bits per heavy atom. The van der Waals surface area contributed by atoms with Crippen molar-refractivity contribution < 1.29 is 13.5 Å². The molecule has 5 nitrogen and oxygen atoms in total. The number of hydrogen-bond donors (Lipinski definition) is 2. The van der Waals surface area contributed by atoms with Crippen molar-refractivity contribution in [2.45, 2.75) is 17.9 Å². The Hall–Kier alpha value is -2.05. The summed E-state index contributed by atoms with van der Waals surface area (Å²) in [7, 11) is -2.16. The molecule has 1 unspecified atom stereocenters. The summed E-state index contributed by atoms with van der Waals surface area (Å²) in [5, 5.41) is 9.86. The molecule has 2 rings (SSSR count). The molecule has 0 fully saturated rings. The topological polar surface area (TPSA) is 83.6 Å². The molecule has 2 aromatic rings. The van der Waals surface area contributed by atoms with Crippen LogP contribution in [0.1, 0.15) is 18.5 Å². The van der Waals surface area contributed by atoms with E-state index in [0.717, 1.165) is 0 Å². The molecule has 0 aliphatic rings. The molecule has 0 aliphatic carbocycles. The van der Waals surface area contributed by atoms with Gasteiger partial charge in [0.15, 0.2) is 0 Å². The van der Waals surface area contributed by atoms with Crippen LogP contribution < -0.4 is 5.73 Å². The van der Waals surface area contributed by atoms with Gasteiger partial charge in [-0.1, -0.05) is 18.2 Å². The Morgan fingerprint density at radius 2 is 1.67 bits per heavy atom. The van der Waals surface area contributed by atoms with Gasteiger partial charge in [-0.15, -0.1) is 0 Å². The smallest absolute Gasteiger partial charge is 0.243 e. The quantitative estimate of drug-likeness (QED) is 0.849. The summed E-state index contributed by atoms with van der Waals surface area (Å²) >= 11 is 0. The number of sulfonamides is 1. The summed E-state index contributed by atoms with van der Waals surface area (Å²) in [5.74, 6) is 0.0735. The predicted molar refractivity (Wildman–Crippen MR) is 82.3 cm³/mol. The largest absolute Gasteiger partial charge is 0.508 e. The van der Waals surface area contributed by atoms with Crippen molar-refractivity contribution in [3.63, 3.8) is 0 Å². The van der Waals surface area contributed by atoms with Gasteiger partial charge in [0.1, 0.15) is 5.75 Å². The molecule has 0 aliphatic heterocycles. The van der Waals surface area contributed by atoms with Crippen LogP contribution in [0.5, 0.6) is 5.75 Å². The van der Waals surface area contributed by atoms with Crippen LogP contribution in [0, 0.1) is 0 Å². The van der Waals surface area contributed by atoms with Crippen LogP contribution in [0.2, 0.25) is 0 Å². The summed E-state index contributed by atoms with van der Waals surface area (Å²) in [6.07, 6.45) is 0. The number of anilines is 1. The average molecular weight is 306 g/mol. The first-order valence-electron chi connectivity index (χ1n) is 6.45. The lowest BCUT2D eigenvalue weighted by Gasteiger charge is -2.25. The molecule has 1 atom stereocenters. The minimum atomic E-state index is -3.65. The highest BCUT2D eigenvalue weighted by Crippen LogP contribution is 2.30.